The summed E-state index contributed by atoms with van der Waals surface area (Å²) >= 11 is 0. The van der Waals surface area contributed by atoms with Gasteiger partial charge >= 0.3 is 0 Å². The number of nitrogens with zero attached hydrogens (tertiary/aromatic N) is 4. The largest absolute Gasteiger partial charge is 0.394 e. The Labute approximate surface area is 143 Å². The van der Waals surface area contributed by atoms with E-state index >= 15 is 0 Å². The van der Waals surface area contributed by atoms with E-state index in [-0.39, 0.29) is 17.7 Å². The van der Waals surface area contributed by atoms with Crippen LogP contribution in [-0.2, 0) is 11.3 Å². The Balaban J connectivity index is 1.67. The predicted molar refractivity (Wildman–Crippen MR) is 89.0 cm³/mol. The van der Waals surface area contributed by atoms with Gasteiger partial charge in [0.2, 0.25) is 0 Å². The molecule has 8 nitrogen and oxygen atoms in total. The van der Waals surface area contributed by atoms with E-state index in [4.69, 9.17) is 4.74 Å². The molecule has 1 aromatic carbocycles. The highest BCUT2D eigenvalue weighted by atomic mass is 16.5. The molecule has 3 heterocycles. The lowest BCUT2D eigenvalue weighted by Gasteiger charge is -2.13. The molecule has 0 amide bonds. The van der Waals surface area contributed by atoms with Crippen molar-refractivity contribution in [2.75, 3.05) is 6.61 Å². The Bertz CT molecular complexity index is 937. The van der Waals surface area contributed by atoms with E-state index in [1.165, 1.54) is 17.2 Å². The van der Waals surface area contributed by atoms with Crippen LogP contribution in [0.5, 0.6) is 0 Å². The minimum absolute atomic E-state index is 0.232. The van der Waals surface area contributed by atoms with E-state index < -0.39 is 18.4 Å². The molecular formula is C17H18N4O4. The smallest absolute Gasteiger partial charge is 0.281 e. The topological polar surface area (TPSA) is 102 Å². The molecule has 0 aliphatic carbocycles. The minimum atomic E-state index is -0.758. The van der Waals surface area contributed by atoms with Gasteiger partial charge in [-0.1, -0.05) is 30.3 Å². The summed E-state index contributed by atoms with van der Waals surface area (Å²) in [5.41, 5.74) is 1.43. The monoisotopic (exact) mass is 342 g/mol. The summed E-state index contributed by atoms with van der Waals surface area (Å²) in [5, 5.41) is 19.1. The first kappa shape index (κ1) is 15.9. The SMILES string of the molecule is O=c1c2ncn([C@H]3C[C@H](O)[C@@H](CO)O3)c2ncn1Cc1ccccc1. The van der Waals surface area contributed by atoms with E-state index in [0.717, 1.165) is 5.56 Å². The van der Waals surface area contributed by atoms with E-state index in [2.05, 4.69) is 9.97 Å². The summed E-state index contributed by atoms with van der Waals surface area (Å²) in [6.07, 6.45) is 1.39. The lowest BCUT2D eigenvalue weighted by molar-refractivity contribution is -0.0432. The standard InChI is InChI=1S/C17H18N4O4/c22-8-13-12(23)6-14(25-13)21-10-18-15-16(21)19-9-20(17(15)24)7-11-4-2-1-3-5-11/h1-5,9-10,12-14,22-23H,6-8H2/t12-,13+,14+/m0/s1. The molecule has 3 atom stereocenters. The lowest BCUT2D eigenvalue weighted by Crippen LogP contribution is -2.24. The Kier molecular flexibility index (Phi) is 4.08. The number of aromatic nitrogens is 4. The van der Waals surface area contributed by atoms with Crippen LogP contribution in [0.25, 0.3) is 11.2 Å². The zero-order valence-corrected chi connectivity index (χ0v) is 13.4. The van der Waals surface area contributed by atoms with Gasteiger partial charge in [0, 0.05) is 6.42 Å². The molecule has 0 unspecified atom stereocenters. The summed E-state index contributed by atoms with van der Waals surface area (Å²) in [6.45, 7) is 0.155. The van der Waals surface area contributed by atoms with Gasteiger partial charge in [-0.15, -0.1) is 0 Å². The van der Waals surface area contributed by atoms with Crippen molar-refractivity contribution >= 4 is 11.2 Å². The number of imidazole rings is 1. The van der Waals surface area contributed by atoms with E-state index in [0.29, 0.717) is 18.6 Å². The molecule has 4 rings (SSSR count). The van der Waals surface area contributed by atoms with Gasteiger partial charge in [-0.05, 0) is 5.56 Å². The molecule has 0 bridgehead atoms. The normalized spacial score (nSPS) is 23.4. The fraction of sp³-hybridized carbons (Fsp3) is 0.353. The second-order valence-corrected chi connectivity index (χ2v) is 6.10. The molecule has 1 fully saturated rings. The molecule has 3 aromatic rings. The number of ether oxygens (including phenoxy) is 1. The fourth-order valence-electron chi connectivity index (χ4n) is 3.10. The summed E-state index contributed by atoms with van der Waals surface area (Å²) in [7, 11) is 0. The van der Waals surface area contributed by atoms with Crippen molar-refractivity contribution in [3.63, 3.8) is 0 Å². The molecule has 0 radical (unpaired) electrons. The number of benzene rings is 1. The fourth-order valence-corrected chi connectivity index (χ4v) is 3.10. The van der Waals surface area contributed by atoms with Crippen molar-refractivity contribution in [3.8, 4) is 0 Å². The zero-order chi connectivity index (χ0) is 17.4. The van der Waals surface area contributed by atoms with Gasteiger partial charge in [0.15, 0.2) is 11.2 Å². The van der Waals surface area contributed by atoms with Gasteiger partial charge in [0.05, 0.1) is 25.6 Å². The van der Waals surface area contributed by atoms with Gasteiger partial charge in [-0.3, -0.25) is 13.9 Å². The number of aliphatic hydroxyl groups is 2. The van der Waals surface area contributed by atoms with Crippen molar-refractivity contribution in [3.05, 3.63) is 58.9 Å². The molecule has 1 aliphatic rings. The first-order valence-corrected chi connectivity index (χ1v) is 8.07. The summed E-state index contributed by atoms with van der Waals surface area (Å²) in [5.74, 6) is 0. The minimum Gasteiger partial charge on any atom is -0.394 e. The zero-order valence-electron chi connectivity index (χ0n) is 13.4. The molecule has 2 aromatic heterocycles. The third-order valence-electron chi connectivity index (χ3n) is 4.44. The Morgan fingerprint density at radius 1 is 1.20 bits per heavy atom. The van der Waals surface area contributed by atoms with Gasteiger partial charge in [0.1, 0.15) is 18.7 Å². The van der Waals surface area contributed by atoms with Crippen molar-refractivity contribution in [2.24, 2.45) is 0 Å². The van der Waals surface area contributed by atoms with Gasteiger partial charge < -0.3 is 14.9 Å². The third kappa shape index (κ3) is 2.84. The summed E-state index contributed by atoms with van der Waals surface area (Å²) in [4.78, 5) is 21.2. The van der Waals surface area contributed by atoms with Crippen molar-refractivity contribution in [2.45, 2.75) is 31.4 Å². The number of fused-ring (bicyclic) bond motifs is 1. The first-order chi connectivity index (χ1) is 12.2. The molecule has 2 N–H and O–H groups in total. The summed E-state index contributed by atoms with van der Waals surface area (Å²) < 4.78 is 8.75. The number of hydrogen-bond donors (Lipinski definition) is 2. The number of hydrogen-bond acceptors (Lipinski definition) is 6. The maximum atomic E-state index is 12.7. The van der Waals surface area contributed by atoms with Crippen LogP contribution >= 0.6 is 0 Å². The third-order valence-corrected chi connectivity index (χ3v) is 4.44. The van der Waals surface area contributed by atoms with Crippen LogP contribution in [0, 0.1) is 0 Å². The van der Waals surface area contributed by atoms with Crippen LogP contribution in [0.4, 0.5) is 0 Å². The second kappa shape index (κ2) is 6.40. The van der Waals surface area contributed by atoms with E-state index in [1.807, 2.05) is 30.3 Å². The highest BCUT2D eigenvalue weighted by Crippen LogP contribution is 2.30. The highest BCUT2D eigenvalue weighted by Gasteiger charge is 2.35. The Morgan fingerprint density at radius 3 is 2.72 bits per heavy atom. The van der Waals surface area contributed by atoms with E-state index in [1.54, 1.807) is 4.57 Å². The van der Waals surface area contributed by atoms with Crippen LogP contribution in [0.2, 0.25) is 0 Å². The van der Waals surface area contributed by atoms with Crippen LogP contribution < -0.4 is 5.56 Å². The van der Waals surface area contributed by atoms with Crippen molar-refractivity contribution in [1.29, 1.82) is 0 Å². The molecule has 130 valence electrons. The molecular weight excluding hydrogens is 324 g/mol. The van der Waals surface area contributed by atoms with Crippen LogP contribution in [-0.4, -0.2) is 48.1 Å². The maximum absolute atomic E-state index is 12.7. The van der Waals surface area contributed by atoms with Crippen molar-refractivity contribution < 1.29 is 14.9 Å². The maximum Gasteiger partial charge on any atom is 0.281 e. The van der Waals surface area contributed by atoms with Gasteiger partial charge in [-0.2, -0.15) is 0 Å². The number of rotatable bonds is 4. The molecule has 0 saturated carbocycles. The number of aliphatic hydroxyl groups excluding tert-OH is 2. The molecule has 1 aliphatic heterocycles. The van der Waals surface area contributed by atoms with Crippen LogP contribution in [0.3, 0.4) is 0 Å². The quantitative estimate of drug-likeness (QED) is 0.706. The lowest BCUT2D eigenvalue weighted by atomic mass is 10.2. The average Bonchev–Trinajstić information content (AvgIpc) is 3.22. The summed E-state index contributed by atoms with van der Waals surface area (Å²) in [6, 6.07) is 9.64. The first-order valence-electron chi connectivity index (χ1n) is 8.07. The van der Waals surface area contributed by atoms with E-state index in [9.17, 15) is 15.0 Å². The molecule has 8 heteroatoms. The molecule has 1 saturated heterocycles. The second-order valence-electron chi connectivity index (χ2n) is 6.10. The van der Waals surface area contributed by atoms with Gasteiger partial charge in [-0.25, -0.2) is 9.97 Å². The average molecular weight is 342 g/mol. The van der Waals surface area contributed by atoms with Gasteiger partial charge in [0.25, 0.3) is 5.56 Å². The Morgan fingerprint density at radius 2 is 2.00 bits per heavy atom. The highest BCUT2D eigenvalue weighted by molar-refractivity contribution is 5.69. The van der Waals surface area contributed by atoms with Crippen molar-refractivity contribution in [1.82, 2.24) is 19.1 Å². The van der Waals surface area contributed by atoms with Crippen LogP contribution in [0.15, 0.2) is 47.8 Å². The Hall–Kier alpha value is -2.55. The predicted octanol–water partition coefficient (Wildman–Crippen LogP) is 0.282. The molecule has 0 spiro atoms. The van der Waals surface area contributed by atoms with Crippen LogP contribution in [0.1, 0.15) is 18.2 Å². The molecule has 25 heavy (non-hydrogen) atoms.